The molecule has 22 heavy (non-hydrogen) atoms. The molecule has 0 radical (unpaired) electrons. The molecular weight excluding hydrogens is 314 g/mol. The van der Waals surface area contributed by atoms with Crippen molar-refractivity contribution in [3.8, 4) is 0 Å². The maximum atomic E-state index is 13.1. The van der Waals surface area contributed by atoms with Crippen LogP contribution >= 0.6 is 0 Å². The first-order valence-corrected chi connectivity index (χ1v) is 7.78. The molecule has 0 unspecified atom stereocenters. The minimum absolute atomic E-state index is 0.0118. The van der Waals surface area contributed by atoms with Gasteiger partial charge in [0.05, 0.1) is 16.0 Å². The number of nitrogen functional groups attached to an aromatic ring is 1. The highest BCUT2D eigenvalue weighted by molar-refractivity contribution is 7.90. The Hall–Kier alpha value is -2.55. The molecule has 3 N–H and O–H groups in total. The molecule has 3 aromatic rings. The van der Waals surface area contributed by atoms with Gasteiger partial charge in [-0.1, -0.05) is 0 Å². The monoisotopic (exact) mass is 324 g/mol. The lowest BCUT2D eigenvalue weighted by Crippen LogP contribution is -2.06. The van der Waals surface area contributed by atoms with Crippen molar-refractivity contribution in [3.05, 3.63) is 47.7 Å². The molecule has 0 bridgehead atoms. The summed E-state index contributed by atoms with van der Waals surface area (Å²) in [6.07, 6.45) is 1.14. The van der Waals surface area contributed by atoms with Crippen LogP contribution in [0.1, 0.15) is 5.56 Å². The van der Waals surface area contributed by atoms with Crippen LogP contribution in [0.2, 0.25) is 0 Å². The summed E-state index contributed by atoms with van der Waals surface area (Å²) in [4.78, 5) is 3.82. The molecule has 0 spiro atoms. The summed E-state index contributed by atoms with van der Waals surface area (Å²) in [5.41, 5.74) is 5.97. The second kappa shape index (κ2) is 5.02. The summed E-state index contributed by atoms with van der Waals surface area (Å²) in [6, 6.07) is 3.94. The van der Waals surface area contributed by atoms with Crippen molar-refractivity contribution in [1.29, 1.82) is 0 Å². The lowest BCUT2D eigenvalue weighted by Gasteiger charge is -2.05. The van der Waals surface area contributed by atoms with E-state index >= 15 is 0 Å². The van der Waals surface area contributed by atoms with E-state index in [4.69, 9.17) is 5.73 Å². The number of pyridine rings is 1. The first kappa shape index (κ1) is 14.4. The Balaban J connectivity index is 2.02. The molecule has 3 rings (SSSR count). The number of H-pyrrole nitrogens is 1. The number of hydrogen-bond donors (Lipinski definition) is 2. The highest BCUT2D eigenvalue weighted by Crippen LogP contribution is 2.23. The predicted molar refractivity (Wildman–Crippen MR) is 75.5 cm³/mol. The molecule has 0 aliphatic carbocycles. The fourth-order valence-electron chi connectivity index (χ4n) is 2.07. The fraction of sp³-hybridized carbons (Fsp3) is 0.0769. The topological polar surface area (TPSA) is 102 Å². The van der Waals surface area contributed by atoms with Gasteiger partial charge in [0.2, 0.25) is 0 Å². The Morgan fingerprint density at radius 2 is 1.82 bits per heavy atom. The molecule has 114 valence electrons. The van der Waals surface area contributed by atoms with Gasteiger partial charge in [-0.3, -0.25) is 5.10 Å². The van der Waals surface area contributed by atoms with Crippen LogP contribution in [-0.4, -0.2) is 23.6 Å². The lowest BCUT2D eigenvalue weighted by molar-refractivity contribution is 0.579. The Morgan fingerprint density at radius 1 is 1.14 bits per heavy atom. The quantitative estimate of drug-likeness (QED) is 0.765. The van der Waals surface area contributed by atoms with E-state index < -0.39 is 27.2 Å². The van der Waals surface area contributed by atoms with Crippen molar-refractivity contribution in [2.24, 2.45) is 0 Å². The summed E-state index contributed by atoms with van der Waals surface area (Å²) in [7, 11) is -3.83. The first-order chi connectivity index (χ1) is 10.3. The van der Waals surface area contributed by atoms with Crippen molar-refractivity contribution < 1.29 is 17.2 Å². The Labute approximate surface area is 123 Å². The molecule has 2 heterocycles. The number of nitrogens with zero attached hydrogens (tertiary/aromatic N) is 2. The summed E-state index contributed by atoms with van der Waals surface area (Å²) in [5.74, 6) is -2.10. The van der Waals surface area contributed by atoms with Gasteiger partial charge >= 0.3 is 0 Å². The van der Waals surface area contributed by atoms with Gasteiger partial charge in [-0.15, -0.1) is 0 Å². The van der Waals surface area contributed by atoms with Crippen LogP contribution in [0.4, 0.5) is 14.6 Å². The Kier molecular flexibility index (Phi) is 3.28. The average molecular weight is 324 g/mol. The average Bonchev–Trinajstić information content (AvgIpc) is 2.78. The maximum Gasteiger partial charge on any atom is 0.184 e. The van der Waals surface area contributed by atoms with E-state index in [1.807, 2.05) is 0 Å². The zero-order chi connectivity index (χ0) is 15.9. The third kappa shape index (κ3) is 2.62. The van der Waals surface area contributed by atoms with Gasteiger partial charge in [-0.25, -0.2) is 22.2 Å². The van der Waals surface area contributed by atoms with Crippen molar-refractivity contribution in [2.75, 3.05) is 5.73 Å². The molecule has 6 nitrogen and oxygen atoms in total. The largest absolute Gasteiger partial charge is 0.382 e. The second-order valence-corrected chi connectivity index (χ2v) is 6.70. The number of rotatable bonds is 3. The predicted octanol–water partition coefficient (Wildman–Crippen LogP) is 1.79. The number of benzene rings is 1. The lowest BCUT2D eigenvalue weighted by atomic mass is 10.2. The van der Waals surface area contributed by atoms with Crippen molar-refractivity contribution >= 4 is 26.7 Å². The van der Waals surface area contributed by atoms with E-state index in [9.17, 15) is 17.2 Å². The number of aromatic nitrogens is 3. The minimum atomic E-state index is -3.83. The molecule has 0 atom stereocenters. The normalized spacial score (nSPS) is 11.9. The molecule has 0 saturated carbocycles. The number of sulfone groups is 1. The number of hydrogen-bond acceptors (Lipinski definition) is 5. The fourth-order valence-corrected chi connectivity index (χ4v) is 3.35. The SMILES string of the molecule is Nc1n[nH]c2ncc(S(=O)(=O)Cc3cc(F)cc(F)c3)cc12. The maximum absolute atomic E-state index is 13.1. The number of halogens is 2. The second-order valence-electron chi connectivity index (χ2n) is 4.71. The minimum Gasteiger partial charge on any atom is -0.382 e. The molecular formula is C13H10F2N4O2S. The number of nitrogens with two attached hydrogens (primary N) is 1. The first-order valence-electron chi connectivity index (χ1n) is 6.12. The summed E-state index contributed by atoms with van der Waals surface area (Å²) >= 11 is 0. The van der Waals surface area contributed by atoms with Crippen molar-refractivity contribution in [1.82, 2.24) is 15.2 Å². The van der Waals surface area contributed by atoms with Crippen LogP contribution < -0.4 is 5.73 Å². The summed E-state index contributed by atoms with van der Waals surface area (Å²) < 4.78 is 51.0. The smallest absolute Gasteiger partial charge is 0.184 e. The van der Waals surface area contributed by atoms with E-state index in [-0.39, 0.29) is 16.3 Å². The van der Waals surface area contributed by atoms with E-state index in [1.165, 1.54) is 6.07 Å². The number of anilines is 1. The standard InChI is InChI=1S/C13H10F2N4O2S/c14-8-1-7(2-9(15)3-8)6-22(20,21)10-4-11-12(16)18-19-13(11)17-5-10/h1-5H,6H2,(H3,16,17,18,19). The molecule has 0 aliphatic rings. The molecule has 1 aromatic carbocycles. The van der Waals surface area contributed by atoms with Gasteiger partial charge in [-0.05, 0) is 23.8 Å². The Bertz CT molecular complexity index is 949. The number of aromatic amines is 1. The Morgan fingerprint density at radius 3 is 2.50 bits per heavy atom. The van der Waals surface area contributed by atoms with Gasteiger partial charge in [-0.2, -0.15) is 5.10 Å². The highest BCUT2D eigenvalue weighted by Gasteiger charge is 2.18. The van der Waals surface area contributed by atoms with E-state index in [1.54, 1.807) is 0 Å². The third-order valence-corrected chi connectivity index (χ3v) is 4.71. The van der Waals surface area contributed by atoms with Gasteiger partial charge in [0.15, 0.2) is 21.3 Å². The molecule has 2 aromatic heterocycles. The molecule has 0 amide bonds. The van der Waals surface area contributed by atoms with Crippen LogP contribution in [0.3, 0.4) is 0 Å². The van der Waals surface area contributed by atoms with Crippen molar-refractivity contribution in [3.63, 3.8) is 0 Å². The van der Waals surface area contributed by atoms with Crippen molar-refractivity contribution in [2.45, 2.75) is 10.6 Å². The van der Waals surface area contributed by atoms with E-state index in [0.29, 0.717) is 17.1 Å². The zero-order valence-corrected chi connectivity index (χ0v) is 11.9. The number of nitrogens with one attached hydrogen (secondary N) is 1. The van der Waals surface area contributed by atoms with Gasteiger partial charge in [0.25, 0.3) is 0 Å². The number of fused-ring (bicyclic) bond motifs is 1. The third-order valence-electron chi connectivity index (χ3n) is 3.06. The van der Waals surface area contributed by atoms with E-state index in [2.05, 4.69) is 15.2 Å². The van der Waals surface area contributed by atoms with Gasteiger partial charge < -0.3 is 5.73 Å². The molecule has 0 saturated heterocycles. The zero-order valence-electron chi connectivity index (χ0n) is 11.0. The van der Waals surface area contributed by atoms with Crippen LogP contribution in [0.5, 0.6) is 0 Å². The van der Waals surface area contributed by atoms with Crippen LogP contribution in [0.25, 0.3) is 11.0 Å². The van der Waals surface area contributed by atoms with Crippen LogP contribution in [0, 0.1) is 11.6 Å². The molecule has 9 heteroatoms. The molecule has 0 fully saturated rings. The van der Waals surface area contributed by atoms with Crippen LogP contribution in [0.15, 0.2) is 35.4 Å². The molecule has 0 aliphatic heterocycles. The summed E-state index contributed by atoms with van der Waals surface area (Å²) in [5, 5.41) is 6.64. The van der Waals surface area contributed by atoms with Gasteiger partial charge in [0, 0.05) is 12.3 Å². The van der Waals surface area contributed by atoms with Gasteiger partial charge in [0.1, 0.15) is 11.6 Å². The summed E-state index contributed by atoms with van der Waals surface area (Å²) in [6.45, 7) is 0. The van der Waals surface area contributed by atoms with Crippen LogP contribution in [-0.2, 0) is 15.6 Å². The van der Waals surface area contributed by atoms with E-state index in [0.717, 1.165) is 18.3 Å². The highest BCUT2D eigenvalue weighted by atomic mass is 32.2.